The molecule has 1 aromatic carbocycles. The summed E-state index contributed by atoms with van der Waals surface area (Å²) in [5.41, 5.74) is 0.798. The van der Waals surface area contributed by atoms with E-state index in [9.17, 15) is 9.59 Å². The van der Waals surface area contributed by atoms with Crippen molar-refractivity contribution < 1.29 is 14.3 Å². The van der Waals surface area contributed by atoms with Crippen LogP contribution in [0, 0.1) is 23.7 Å². The van der Waals surface area contributed by atoms with E-state index in [1.807, 2.05) is 25.1 Å². The van der Waals surface area contributed by atoms with Gasteiger partial charge in [0.2, 0.25) is 0 Å². The minimum Gasteiger partial charge on any atom is -0.490 e. The molecular formula is C20H21BrN2O3. The largest absolute Gasteiger partial charge is 0.490 e. The molecule has 0 aromatic heterocycles. The fourth-order valence-electron chi connectivity index (χ4n) is 4.12. The minimum atomic E-state index is -0.215. The molecule has 2 fully saturated rings. The van der Waals surface area contributed by atoms with Crippen molar-refractivity contribution in [2.45, 2.75) is 32.8 Å². The Balaban J connectivity index is 1.49. The molecule has 26 heavy (non-hydrogen) atoms. The van der Waals surface area contributed by atoms with Gasteiger partial charge in [-0.3, -0.25) is 9.59 Å². The molecule has 3 aliphatic rings. The first-order chi connectivity index (χ1) is 12.5. The molecule has 0 spiro atoms. The average molecular weight is 417 g/mol. The van der Waals surface area contributed by atoms with Gasteiger partial charge in [0.05, 0.1) is 28.6 Å². The van der Waals surface area contributed by atoms with Gasteiger partial charge < -0.3 is 4.74 Å². The highest BCUT2D eigenvalue weighted by Gasteiger charge is 2.59. The summed E-state index contributed by atoms with van der Waals surface area (Å²) in [4.78, 5) is 25.2. The summed E-state index contributed by atoms with van der Waals surface area (Å²) in [6.45, 7) is 4.09. The van der Waals surface area contributed by atoms with Gasteiger partial charge in [0, 0.05) is 0 Å². The number of hydrogen-bond donors (Lipinski definition) is 0. The van der Waals surface area contributed by atoms with E-state index in [1.54, 1.807) is 6.21 Å². The van der Waals surface area contributed by atoms with Gasteiger partial charge in [-0.1, -0.05) is 19.1 Å². The molecule has 1 saturated heterocycles. The summed E-state index contributed by atoms with van der Waals surface area (Å²) in [6.07, 6.45) is 7.70. The van der Waals surface area contributed by atoms with Gasteiger partial charge in [0.15, 0.2) is 0 Å². The Kier molecular flexibility index (Phi) is 4.47. The van der Waals surface area contributed by atoms with Crippen molar-refractivity contribution in [3.8, 4) is 5.75 Å². The molecule has 6 heteroatoms. The van der Waals surface area contributed by atoms with Crippen molar-refractivity contribution in [3.63, 3.8) is 0 Å². The zero-order chi connectivity index (χ0) is 18.4. The van der Waals surface area contributed by atoms with Crippen molar-refractivity contribution in [3.05, 3.63) is 40.4 Å². The normalized spacial score (nSPS) is 30.5. The number of amides is 2. The van der Waals surface area contributed by atoms with Crippen LogP contribution in [-0.4, -0.2) is 29.1 Å². The van der Waals surface area contributed by atoms with Gasteiger partial charge in [-0.25, -0.2) is 0 Å². The lowest BCUT2D eigenvalue weighted by Crippen LogP contribution is -2.28. The Morgan fingerprint density at radius 2 is 1.92 bits per heavy atom. The highest BCUT2D eigenvalue weighted by molar-refractivity contribution is 9.10. The molecule has 5 unspecified atom stereocenters. The number of imide groups is 1. The summed E-state index contributed by atoms with van der Waals surface area (Å²) >= 11 is 3.50. The zero-order valence-corrected chi connectivity index (χ0v) is 16.3. The molecule has 1 heterocycles. The second kappa shape index (κ2) is 6.65. The second-order valence-corrected chi connectivity index (χ2v) is 8.11. The fourth-order valence-corrected chi connectivity index (χ4v) is 4.61. The lowest BCUT2D eigenvalue weighted by Gasteiger charge is -2.14. The van der Waals surface area contributed by atoms with E-state index in [2.05, 4.69) is 40.1 Å². The van der Waals surface area contributed by atoms with Crippen LogP contribution in [0.15, 0.2) is 39.9 Å². The highest BCUT2D eigenvalue weighted by Crippen LogP contribution is 2.52. The Labute approximate surface area is 161 Å². The summed E-state index contributed by atoms with van der Waals surface area (Å²) in [5, 5.41) is 5.27. The van der Waals surface area contributed by atoms with Crippen LogP contribution in [0.5, 0.6) is 5.75 Å². The molecule has 2 bridgehead atoms. The van der Waals surface area contributed by atoms with E-state index < -0.39 is 0 Å². The van der Waals surface area contributed by atoms with E-state index in [0.717, 1.165) is 33.6 Å². The monoisotopic (exact) mass is 416 g/mol. The van der Waals surface area contributed by atoms with Crippen LogP contribution >= 0.6 is 15.9 Å². The van der Waals surface area contributed by atoms with Gasteiger partial charge in [0.1, 0.15) is 5.75 Å². The Hall–Kier alpha value is -1.95. The summed E-state index contributed by atoms with van der Waals surface area (Å²) < 4.78 is 6.64. The number of rotatable bonds is 5. The number of carbonyl (C=O) groups is 2. The Morgan fingerprint density at radius 1 is 1.27 bits per heavy atom. The number of allylic oxidation sites excluding steroid dienone is 2. The van der Waals surface area contributed by atoms with E-state index in [4.69, 9.17) is 4.74 Å². The molecule has 4 rings (SSSR count). The SMILES string of the molecule is CCC(C)Oc1ccc(C=NN2C(=O)C3C4C=CC(C4)C3C2=O)cc1Br. The molecule has 5 nitrogen and oxygen atoms in total. The molecule has 136 valence electrons. The van der Waals surface area contributed by atoms with Crippen molar-refractivity contribution >= 4 is 34.0 Å². The van der Waals surface area contributed by atoms with Crippen LogP contribution in [0.3, 0.4) is 0 Å². The smallest absolute Gasteiger partial charge is 0.254 e. The number of carbonyl (C=O) groups excluding carboxylic acids is 2. The molecule has 2 amide bonds. The third kappa shape index (κ3) is 2.80. The van der Waals surface area contributed by atoms with Crippen LogP contribution < -0.4 is 4.74 Å². The molecule has 2 aliphatic carbocycles. The van der Waals surface area contributed by atoms with Gasteiger partial charge in [-0.2, -0.15) is 10.1 Å². The van der Waals surface area contributed by atoms with Crippen LogP contribution in [0.2, 0.25) is 0 Å². The number of hydrazone groups is 1. The molecule has 5 atom stereocenters. The summed E-state index contributed by atoms with van der Waals surface area (Å²) in [6, 6.07) is 5.60. The maximum atomic E-state index is 12.6. The first-order valence-electron chi connectivity index (χ1n) is 9.06. The van der Waals surface area contributed by atoms with Gasteiger partial charge >= 0.3 is 0 Å². The number of benzene rings is 1. The standard InChI is InChI=1S/C20H21BrN2O3/c1-3-11(2)26-16-7-4-12(8-15(16)21)10-22-23-19(24)17-13-5-6-14(9-13)18(17)20(23)25/h4-8,10-11,13-14,17-18H,3,9H2,1-2H3. The van der Waals surface area contributed by atoms with Crippen molar-refractivity contribution in [1.82, 2.24) is 5.01 Å². The first kappa shape index (κ1) is 17.5. The van der Waals surface area contributed by atoms with Crippen LogP contribution in [0.25, 0.3) is 0 Å². The Morgan fingerprint density at radius 3 is 2.50 bits per heavy atom. The molecular weight excluding hydrogens is 396 g/mol. The first-order valence-corrected chi connectivity index (χ1v) is 9.85. The van der Waals surface area contributed by atoms with Crippen LogP contribution in [0.1, 0.15) is 32.3 Å². The van der Waals surface area contributed by atoms with Crippen molar-refractivity contribution in [2.75, 3.05) is 0 Å². The number of fused-ring (bicyclic) bond motifs is 5. The number of ether oxygens (including phenoxy) is 1. The van der Waals surface area contributed by atoms with Crippen molar-refractivity contribution in [2.24, 2.45) is 28.8 Å². The minimum absolute atomic E-state index is 0.133. The maximum absolute atomic E-state index is 12.6. The quantitative estimate of drug-likeness (QED) is 0.417. The van der Waals surface area contributed by atoms with E-state index in [0.29, 0.717) is 0 Å². The summed E-state index contributed by atoms with van der Waals surface area (Å²) in [5.74, 6) is 0.413. The van der Waals surface area contributed by atoms with Crippen molar-refractivity contribution in [1.29, 1.82) is 0 Å². The second-order valence-electron chi connectivity index (χ2n) is 7.26. The lowest BCUT2D eigenvalue weighted by molar-refractivity contribution is -0.140. The molecule has 1 aromatic rings. The van der Waals surface area contributed by atoms with E-state index in [1.165, 1.54) is 0 Å². The van der Waals surface area contributed by atoms with Gasteiger partial charge in [0.25, 0.3) is 11.8 Å². The van der Waals surface area contributed by atoms with Gasteiger partial charge in [-0.05, 0) is 71.3 Å². The lowest BCUT2D eigenvalue weighted by atomic mass is 9.85. The average Bonchev–Trinajstić information content (AvgIpc) is 3.30. The Bertz CT molecular complexity index is 789. The van der Waals surface area contributed by atoms with Gasteiger partial charge in [-0.15, -0.1) is 0 Å². The maximum Gasteiger partial charge on any atom is 0.254 e. The predicted molar refractivity (Wildman–Crippen MR) is 102 cm³/mol. The third-order valence-corrected chi connectivity index (χ3v) is 6.25. The molecule has 0 N–H and O–H groups in total. The third-order valence-electron chi connectivity index (χ3n) is 5.63. The fraction of sp³-hybridized carbons (Fsp3) is 0.450. The molecule has 1 aliphatic heterocycles. The molecule has 1 saturated carbocycles. The van der Waals surface area contributed by atoms with Crippen LogP contribution in [0.4, 0.5) is 0 Å². The number of nitrogens with zero attached hydrogens (tertiary/aromatic N) is 2. The molecule has 0 radical (unpaired) electrons. The van der Waals surface area contributed by atoms with Crippen LogP contribution in [-0.2, 0) is 9.59 Å². The zero-order valence-electron chi connectivity index (χ0n) is 14.8. The van der Waals surface area contributed by atoms with E-state index in [-0.39, 0.29) is 41.6 Å². The number of halogens is 1. The summed E-state index contributed by atoms with van der Waals surface area (Å²) in [7, 11) is 0. The highest BCUT2D eigenvalue weighted by atomic mass is 79.9. The number of hydrogen-bond acceptors (Lipinski definition) is 4. The predicted octanol–water partition coefficient (Wildman–Crippen LogP) is 3.77. The topological polar surface area (TPSA) is 59.0 Å². The van der Waals surface area contributed by atoms with E-state index >= 15 is 0 Å².